The monoisotopic (exact) mass is 917 g/mol. The molecule has 7 heterocycles. The van der Waals surface area contributed by atoms with Crippen LogP contribution in [0.3, 0.4) is 0 Å². The van der Waals surface area contributed by atoms with Crippen LogP contribution in [-0.2, 0) is 22.5 Å². The smallest absolute Gasteiger partial charge is 0.323 e. The van der Waals surface area contributed by atoms with Gasteiger partial charge in [-0.2, -0.15) is 10.2 Å². The number of hydrogen-bond donors (Lipinski definition) is 4. The summed E-state index contributed by atoms with van der Waals surface area (Å²) in [5.41, 5.74) is 3.17. The van der Waals surface area contributed by atoms with Crippen molar-refractivity contribution in [1.82, 2.24) is 39.2 Å². The molecule has 2 saturated heterocycles. The first kappa shape index (κ1) is 45.3. The third-order valence-electron chi connectivity index (χ3n) is 13.0. The molecule has 19 heteroatoms. The molecule has 0 radical (unpaired) electrons. The lowest BCUT2D eigenvalue weighted by Crippen LogP contribution is -2.37. The van der Waals surface area contributed by atoms with E-state index in [1.165, 1.54) is 35.2 Å². The molecule has 2 aliphatic heterocycles. The number of carbonyl (C=O) groups excluding carboxylic acids is 2. The lowest BCUT2D eigenvalue weighted by atomic mass is 9.86. The third kappa shape index (κ3) is 10.7. The van der Waals surface area contributed by atoms with Crippen LogP contribution in [0.5, 0.6) is 0 Å². The number of carboxylic acids is 1. The Labute approximate surface area is 384 Å². The van der Waals surface area contributed by atoms with Crippen LogP contribution in [0.25, 0.3) is 16.8 Å². The number of benzene rings is 1. The number of amides is 2. The fraction of sp³-hybridized carbons (Fsp3) is 0.417. The number of aryl methyl sites for hydroxylation is 1. The van der Waals surface area contributed by atoms with Crippen molar-refractivity contribution in [2.24, 2.45) is 5.92 Å². The molecule has 3 aliphatic rings. The van der Waals surface area contributed by atoms with Gasteiger partial charge in [-0.25, -0.2) is 18.3 Å². The van der Waals surface area contributed by atoms with Crippen LogP contribution in [0.4, 0.5) is 26.0 Å². The first-order valence-corrected chi connectivity index (χ1v) is 22.9. The number of carboxylic acid groups (broad SMARTS) is 1. The zero-order chi connectivity index (χ0) is 46.4. The lowest BCUT2D eigenvalue weighted by molar-refractivity contribution is -0.137. The molecule has 1 saturated carbocycles. The number of hydrogen-bond acceptors (Lipinski definition) is 11. The van der Waals surface area contributed by atoms with Gasteiger partial charge in [0.1, 0.15) is 17.9 Å². The molecule has 2 amide bonds. The molecular weight excluding hydrogens is 865 g/mol. The van der Waals surface area contributed by atoms with Crippen molar-refractivity contribution in [2.75, 3.05) is 41.8 Å². The van der Waals surface area contributed by atoms with Crippen LogP contribution >= 0.6 is 0 Å². The summed E-state index contributed by atoms with van der Waals surface area (Å²) in [6, 6.07) is 14.0. The summed E-state index contributed by atoms with van der Waals surface area (Å²) in [6.07, 6.45) is 16.5. The molecule has 4 N–H and O–H groups in total. The van der Waals surface area contributed by atoms with Gasteiger partial charge in [0, 0.05) is 54.7 Å². The van der Waals surface area contributed by atoms with E-state index in [1.807, 2.05) is 18.3 Å². The van der Waals surface area contributed by atoms with Gasteiger partial charge in [-0.3, -0.25) is 28.8 Å². The average Bonchev–Trinajstić information content (AvgIpc) is 4.16. The molecule has 6 aromatic rings. The largest absolute Gasteiger partial charge is 0.480 e. The summed E-state index contributed by atoms with van der Waals surface area (Å²) in [5.74, 6) is -0.902. The Balaban J connectivity index is 0.685. The normalized spacial score (nSPS) is 19.1. The molecule has 2 bridgehead atoms. The van der Waals surface area contributed by atoms with Crippen LogP contribution in [0.15, 0.2) is 90.5 Å². The van der Waals surface area contributed by atoms with Gasteiger partial charge in [0.15, 0.2) is 11.3 Å². The maximum absolute atomic E-state index is 14.2. The highest BCUT2D eigenvalue weighted by Gasteiger charge is 2.40. The van der Waals surface area contributed by atoms with Crippen LogP contribution in [0.1, 0.15) is 102 Å². The van der Waals surface area contributed by atoms with Crippen molar-refractivity contribution in [3.05, 3.63) is 118 Å². The molecule has 1 aromatic carbocycles. The van der Waals surface area contributed by atoms with Gasteiger partial charge in [0.25, 0.3) is 23.8 Å². The Morgan fingerprint density at radius 2 is 1.75 bits per heavy atom. The number of alkyl halides is 2. The number of halogens is 2. The van der Waals surface area contributed by atoms with Crippen LogP contribution in [0.2, 0.25) is 0 Å². The second-order valence-electron chi connectivity index (χ2n) is 17.7. The standard InChI is InChI=1S/C48H53F2N11O6/c49-45(50)44-40(55-48(66)39-24-53-60-17-15-41(56-46(39)60)59-26-38-20-37(59)29-67-38)27-61(57-44)36-12-9-30(10-13-36)21-51-16-4-2-1-3-6-31-18-34(23-52-22-31)32-7-5-8-33(19-32)47(65)54-35-11-14-42(62)58(25-35)28-43(63)64/h5,7-8,11,14-15,17-19,22-25,27,30,36-38,45,51H,1-4,6,9-10,12-13,16,20-21,26,28-29H2,(H,54,65)(H,55,66)(H,63,64)/t30?,36?,37-,38-/m1/s1. The number of carbonyl (C=O) groups is 3. The minimum absolute atomic E-state index is 0.00726. The highest BCUT2D eigenvalue weighted by Crippen LogP contribution is 2.36. The summed E-state index contributed by atoms with van der Waals surface area (Å²) < 4.78 is 38.3. The number of nitrogens with zero attached hydrogens (tertiary/aromatic N) is 8. The van der Waals surface area contributed by atoms with E-state index in [0.29, 0.717) is 29.4 Å². The van der Waals surface area contributed by atoms with E-state index >= 15 is 0 Å². The quantitative estimate of drug-likeness (QED) is 0.0622. The molecule has 17 nitrogen and oxygen atoms in total. The Hall–Kier alpha value is -6.86. The Kier molecular flexibility index (Phi) is 13.8. The van der Waals surface area contributed by atoms with Crippen LogP contribution in [0, 0.1) is 5.92 Å². The molecule has 67 heavy (non-hydrogen) atoms. The van der Waals surface area contributed by atoms with Crippen molar-refractivity contribution in [1.29, 1.82) is 0 Å². The average molecular weight is 918 g/mol. The van der Waals surface area contributed by atoms with Gasteiger partial charge < -0.3 is 35.3 Å². The maximum atomic E-state index is 14.2. The predicted molar refractivity (Wildman–Crippen MR) is 246 cm³/mol. The van der Waals surface area contributed by atoms with E-state index in [1.54, 1.807) is 35.3 Å². The molecule has 3 fully saturated rings. The van der Waals surface area contributed by atoms with Crippen LogP contribution < -0.4 is 26.4 Å². The summed E-state index contributed by atoms with van der Waals surface area (Å²) in [4.78, 5) is 61.0. The number of fused-ring (bicyclic) bond motifs is 3. The van der Waals surface area contributed by atoms with Crippen molar-refractivity contribution < 1.29 is 33.0 Å². The topological polar surface area (TPSA) is 203 Å². The number of nitrogens with one attached hydrogen (secondary N) is 3. The van der Waals surface area contributed by atoms with Gasteiger partial charge >= 0.3 is 5.97 Å². The van der Waals surface area contributed by atoms with E-state index in [2.05, 4.69) is 42.1 Å². The highest BCUT2D eigenvalue weighted by molar-refractivity contribution is 6.08. The van der Waals surface area contributed by atoms with E-state index in [4.69, 9.17) is 14.8 Å². The van der Waals surface area contributed by atoms with Gasteiger partial charge in [0.2, 0.25) is 0 Å². The number of pyridine rings is 2. The number of aromatic nitrogens is 7. The fourth-order valence-electron chi connectivity index (χ4n) is 9.45. The Morgan fingerprint density at radius 3 is 2.54 bits per heavy atom. The van der Waals surface area contributed by atoms with E-state index in [9.17, 15) is 28.0 Å². The Morgan fingerprint density at radius 1 is 0.896 bits per heavy atom. The van der Waals surface area contributed by atoms with E-state index in [-0.39, 0.29) is 35.3 Å². The number of aliphatic carboxylic acids is 1. The van der Waals surface area contributed by atoms with E-state index < -0.39 is 36.1 Å². The summed E-state index contributed by atoms with van der Waals surface area (Å²) in [6.45, 7) is 2.69. The van der Waals surface area contributed by atoms with Crippen molar-refractivity contribution in [2.45, 2.75) is 95.4 Å². The first-order valence-electron chi connectivity index (χ1n) is 22.9. The number of unbranched alkanes of at least 4 members (excludes halogenated alkanes) is 3. The number of morpholine rings is 1. The SMILES string of the molecule is O=C(O)Cn1cc(NC(=O)c2cccc(-c3cncc(CCCCCCNCC4CCC(n5cc(NC(=O)c6cnn7ccc(N8C[C@H]9C[C@@H]8CO9)nc67)c(C(F)F)n5)CC4)c3)c2)ccc1=O. The molecule has 9 rings (SSSR count). The molecular formula is C48H53F2N11O6. The number of anilines is 3. The van der Waals surface area contributed by atoms with Gasteiger partial charge in [-0.1, -0.05) is 25.0 Å². The summed E-state index contributed by atoms with van der Waals surface area (Å²) in [5, 5.41) is 26.7. The van der Waals surface area contributed by atoms with Crippen molar-refractivity contribution in [3.8, 4) is 11.1 Å². The van der Waals surface area contributed by atoms with Gasteiger partial charge in [-0.05, 0) is 112 Å². The fourth-order valence-corrected chi connectivity index (χ4v) is 9.45. The van der Waals surface area contributed by atoms with Crippen molar-refractivity contribution in [3.63, 3.8) is 0 Å². The summed E-state index contributed by atoms with van der Waals surface area (Å²) >= 11 is 0. The van der Waals surface area contributed by atoms with Crippen molar-refractivity contribution >= 4 is 40.6 Å². The lowest BCUT2D eigenvalue weighted by Gasteiger charge is -2.29. The molecule has 1 aliphatic carbocycles. The maximum Gasteiger partial charge on any atom is 0.323 e. The number of rotatable bonds is 19. The number of ether oxygens (including phenoxy) is 1. The van der Waals surface area contributed by atoms with Gasteiger partial charge in [0.05, 0.1) is 42.4 Å². The predicted octanol–water partition coefficient (Wildman–Crippen LogP) is 6.78. The molecule has 350 valence electrons. The molecule has 0 unspecified atom stereocenters. The van der Waals surface area contributed by atoms with Crippen LogP contribution in [-0.4, -0.2) is 95.2 Å². The second-order valence-corrected chi connectivity index (χ2v) is 17.7. The Bertz CT molecular complexity index is 2800. The second kappa shape index (κ2) is 20.3. The molecule has 0 spiro atoms. The molecule has 2 atom stereocenters. The first-order chi connectivity index (χ1) is 32.5. The zero-order valence-electron chi connectivity index (χ0n) is 36.9. The highest BCUT2D eigenvalue weighted by atomic mass is 19.3. The van der Waals surface area contributed by atoms with E-state index in [0.717, 1.165) is 111 Å². The molecule has 5 aromatic heterocycles. The summed E-state index contributed by atoms with van der Waals surface area (Å²) in [7, 11) is 0. The minimum Gasteiger partial charge on any atom is -0.480 e. The van der Waals surface area contributed by atoms with Gasteiger partial charge in [-0.15, -0.1) is 0 Å². The minimum atomic E-state index is -2.86. The third-order valence-corrected chi connectivity index (χ3v) is 13.0. The zero-order valence-corrected chi connectivity index (χ0v) is 36.9.